The number of hydrogen-bond donors (Lipinski definition) is 1. The normalized spacial score (nSPS) is 10.6. The summed E-state index contributed by atoms with van der Waals surface area (Å²) in [7, 11) is 0. The molecule has 2 N–H and O–H groups in total. The van der Waals surface area contributed by atoms with Gasteiger partial charge < -0.3 is 5.73 Å². The number of carbonyl (C=O) groups excluding carboxylic acids is 1. The third-order valence-corrected chi connectivity index (χ3v) is 1.59. The number of nitrogen functional groups attached to an aromatic ring is 1. The monoisotopic (exact) mass is 224 g/mol. The average molecular weight is 225 g/mol. The van der Waals surface area contributed by atoms with Crippen LogP contribution in [0.3, 0.4) is 0 Å². The van der Waals surface area contributed by atoms with Gasteiger partial charge in [0.15, 0.2) is 11.5 Å². The molecule has 0 unspecified atom stereocenters. The van der Waals surface area contributed by atoms with Crippen LogP contribution in [0.15, 0.2) is 6.07 Å². The molecule has 1 aromatic rings. The summed E-state index contributed by atoms with van der Waals surface area (Å²) in [5.41, 5.74) is 2.78. The van der Waals surface area contributed by atoms with Crippen molar-refractivity contribution in [1.82, 2.24) is 4.98 Å². The van der Waals surface area contributed by atoms with E-state index >= 15 is 0 Å². The minimum atomic E-state index is -2.94. The number of nitrogens with zero attached hydrogens (tertiary/aromatic N) is 1. The van der Waals surface area contributed by atoms with Gasteiger partial charge in [-0.25, -0.2) is 18.2 Å². The zero-order valence-electron chi connectivity index (χ0n) is 6.60. The van der Waals surface area contributed by atoms with Gasteiger partial charge in [-0.15, -0.1) is 0 Å². The van der Waals surface area contributed by atoms with Crippen molar-refractivity contribution in [2.24, 2.45) is 0 Å². The standard InChI is InChI=1S/C7H4ClF3N2O/c8-6(14)5-4(9)2(12)1-3(13-5)7(10)11/h1,7H,(H2,12,13). The minimum Gasteiger partial charge on any atom is -0.396 e. The van der Waals surface area contributed by atoms with Gasteiger partial charge in [0.25, 0.3) is 11.7 Å². The average Bonchev–Trinajstić information content (AvgIpc) is 2.08. The van der Waals surface area contributed by atoms with E-state index in [2.05, 4.69) is 4.98 Å². The molecule has 0 aliphatic rings. The van der Waals surface area contributed by atoms with E-state index in [1.54, 1.807) is 0 Å². The number of hydrogen-bond acceptors (Lipinski definition) is 3. The second-order valence-corrected chi connectivity index (χ2v) is 2.72. The molecule has 0 fully saturated rings. The van der Waals surface area contributed by atoms with E-state index in [-0.39, 0.29) is 0 Å². The molecule has 0 spiro atoms. The fourth-order valence-electron chi connectivity index (χ4n) is 0.812. The van der Waals surface area contributed by atoms with Crippen molar-refractivity contribution in [3.8, 4) is 0 Å². The molecule has 0 saturated heterocycles. The second kappa shape index (κ2) is 3.83. The third-order valence-electron chi connectivity index (χ3n) is 1.42. The molecule has 0 saturated carbocycles. The minimum absolute atomic E-state index is 0.584. The Balaban J connectivity index is 3.35. The first-order valence-corrected chi connectivity index (χ1v) is 3.75. The molecular weight excluding hydrogens is 221 g/mol. The van der Waals surface area contributed by atoms with Crippen molar-refractivity contribution in [2.45, 2.75) is 6.43 Å². The van der Waals surface area contributed by atoms with Gasteiger partial charge in [-0.2, -0.15) is 0 Å². The number of aromatic nitrogens is 1. The summed E-state index contributed by atoms with van der Waals surface area (Å²) in [6.45, 7) is 0. The molecule has 0 atom stereocenters. The van der Waals surface area contributed by atoms with Crippen LogP contribution in [-0.4, -0.2) is 10.2 Å². The highest BCUT2D eigenvalue weighted by atomic mass is 35.5. The maximum atomic E-state index is 13.0. The summed E-state index contributed by atoms with van der Waals surface area (Å²) in [4.78, 5) is 13.6. The Morgan fingerprint density at radius 2 is 2.14 bits per heavy atom. The molecule has 1 heterocycles. The van der Waals surface area contributed by atoms with Gasteiger partial charge in [0.05, 0.1) is 5.69 Å². The van der Waals surface area contributed by atoms with Crippen molar-refractivity contribution in [3.05, 3.63) is 23.3 Å². The van der Waals surface area contributed by atoms with Gasteiger partial charge in [0, 0.05) is 0 Å². The highest BCUT2D eigenvalue weighted by Crippen LogP contribution is 2.23. The predicted molar refractivity (Wildman–Crippen MR) is 43.7 cm³/mol. The highest BCUT2D eigenvalue weighted by Gasteiger charge is 2.19. The Bertz CT molecular complexity index is 383. The van der Waals surface area contributed by atoms with Gasteiger partial charge in [0.1, 0.15) is 5.69 Å². The van der Waals surface area contributed by atoms with Gasteiger partial charge in [0.2, 0.25) is 0 Å². The zero-order valence-corrected chi connectivity index (χ0v) is 7.36. The summed E-state index contributed by atoms with van der Waals surface area (Å²) in [5, 5.41) is -1.27. The molecule has 0 aliphatic carbocycles. The summed E-state index contributed by atoms with van der Waals surface area (Å²) in [5.74, 6) is -1.19. The molecule has 0 amide bonds. The van der Waals surface area contributed by atoms with Crippen LogP contribution < -0.4 is 5.73 Å². The third kappa shape index (κ3) is 1.95. The lowest BCUT2D eigenvalue weighted by molar-refractivity contribution is 0.107. The van der Waals surface area contributed by atoms with Crippen LogP contribution >= 0.6 is 11.6 Å². The maximum absolute atomic E-state index is 13.0. The van der Waals surface area contributed by atoms with Crippen molar-refractivity contribution in [3.63, 3.8) is 0 Å². The Morgan fingerprint density at radius 3 is 2.57 bits per heavy atom. The number of pyridine rings is 1. The van der Waals surface area contributed by atoms with Gasteiger partial charge in [-0.1, -0.05) is 0 Å². The van der Waals surface area contributed by atoms with E-state index < -0.39 is 34.6 Å². The molecule has 7 heteroatoms. The largest absolute Gasteiger partial charge is 0.396 e. The van der Waals surface area contributed by atoms with Crippen LogP contribution in [0.25, 0.3) is 0 Å². The van der Waals surface area contributed by atoms with Gasteiger partial charge >= 0.3 is 0 Å². The molecule has 0 aromatic carbocycles. The van der Waals surface area contributed by atoms with Crippen molar-refractivity contribution in [1.29, 1.82) is 0 Å². The molecule has 14 heavy (non-hydrogen) atoms. The van der Waals surface area contributed by atoms with Crippen molar-refractivity contribution in [2.75, 3.05) is 5.73 Å². The van der Waals surface area contributed by atoms with Gasteiger partial charge in [-0.05, 0) is 17.7 Å². The highest BCUT2D eigenvalue weighted by molar-refractivity contribution is 6.67. The number of nitrogens with two attached hydrogens (primary N) is 1. The molecule has 3 nitrogen and oxygen atoms in total. The lowest BCUT2D eigenvalue weighted by Gasteiger charge is -2.04. The number of anilines is 1. The molecule has 1 rings (SSSR count). The summed E-state index contributed by atoms with van der Waals surface area (Å²) >= 11 is 4.92. The van der Waals surface area contributed by atoms with E-state index in [4.69, 9.17) is 17.3 Å². The Kier molecular flexibility index (Phi) is 2.95. The quantitative estimate of drug-likeness (QED) is 0.783. The molecular formula is C7H4ClF3N2O. The molecule has 0 bridgehead atoms. The first-order chi connectivity index (χ1) is 6.43. The first-order valence-electron chi connectivity index (χ1n) is 3.37. The van der Waals surface area contributed by atoms with Gasteiger partial charge in [-0.3, -0.25) is 4.79 Å². The summed E-state index contributed by atoms with van der Waals surface area (Å²) < 4.78 is 37.2. The van der Waals surface area contributed by atoms with E-state index in [1.165, 1.54) is 0 Å². The number of alkyl halides is 2. The van der Waals surface area contributed by atoms with E-state index in [0.29, 0.717) is 6.07 Å². The maximum Gasteiger partial charge on any atom is 0.280 e. The Labute approximate surface area is 81.7 Å². The van der Waals surface area contributed by atoms with E-state index in [1.807, 2.05) is 0 Å². The molecule has 76 valence electrons. The van der Waals surface area contributed by atoms with E-state index in [0.717, 1.165) is 0 Å². The van der Waals surface area contributed by atoms with Crippen LogP contribution in [0, 0.1) is 5.82 Å². The van der Waals surface area contributed by atoms with Crippen molar-refractivity contribution < 1.29 is 18.0 Å². The van der Waals surface area contributed by atoms with Crippen LogP contribution in [0.4, 0.5) is 18.9 Å². The number of rotatable bonds is 2. The summed E-state index contributed by atoms with van der Waals surface area (Å²) in [6, 6.07) is 0.656. The zero-order chi connectivity index (χ0) is 10.9. The number of carbonyl (C=O) groups is 1. The smallest absolute Gasteiger partial charge is 0.280 e. The fourth-order valence-corrected chi connectivity index (χ4v) is 0.937. The Morgan fingerprint density at radius 1 is 1.57 bits per heavy atom. The predicted octanol–water partition coefficient (Wildman–Crippen LogP) is 2.12. The topological polar surface area (TPSA) is 56.0 Å². The first kappa shape index (κ1) is 10.8. The van der Waals surface area contributed by atoms with E-state index in [9.17, 15) is 18.0 Å². The van der Waals surface area contributed by atoms with Crippen LogP contribution in [0.2, 0.25) is 0 Å². The molecule has 0 aliphatic heterocycles. The van der Waals surface area contributed by atoms with Crippen LogP contribution in [0.5, 0.6) is 0 Å². The van der Waals surface area contributed by atoms with Crippen LogP contribution in [-0.2, 0) is 0 Å². The van der Waals surface area contributed by atoms with Crippen LogP contribution in [0.1, 0.15) is 22.6 Å². The SMILES string of the molecule is Nc1cc(C(F)F)nc(C(=O)Cl)c1F. The lowest BCUT2D eigenvalue weighted by Crippen LogP contribution is -2.06. The lowest BCUT2D eigenvalue weighted by atomic mass is 10.2. The fraction of sp³-hybridized carbons (Fsp3) is 0.143. The Hall–Kier alpha value is -1.30. The van der Waals surface area contributed by atoms with Crippen molar-refractivity contribution >= 4 is 22.5 Å². The second-order valence-electron chi connectivity index (χ2n) is 2.37. The summed E-state index contributed by atoms with van der Waals surface area (Å²) in [6.07, 6.45) is -2.94. The molecule has 0 radical (unpaired) electrons. The number of halogens is 4. The molecule has 1 aromatic heterocycles.